The molecule has 0 heterocycles. The topological polar surface area (TPSA) is 83.8 Å². The molecule has 0 fully saturated rings. The molecule has 5 heteroatoms. The molecule has 1 aromatic carbocycles. The van der Waals surface area contributed by atoms with E-state index in [0.29, 0.717) is 12.2 Å². The minimum atomic E-state index is -1.64. The third kappa shape index (κ3) is 6.83. The second-order valence-electron chi connectivity index (χ2n) is 4.58. The fourth-order valence-corrected chi connectivity index (χ4v) is 1.59. The fraction of sp³-hybridized carbons (Fsp3) is 0.375. The number of Topliss-reactive ketones (excluding diaryl/α,β-unsaturated/α-hetero) is 1. The fourth-order valence-electron chi connectivity index (χ4n) is 1.59. The zero-order valence-corrected chi connectivity index (χ0v) is 12.0. The van der Waals surface area contributed by atoms with Crippen molar-refractivity contribution in [3.8, 4) is 0 Å². The number of rotatable bonds is 8. The largest absolute Gasteiger partial charge is 0.463 e. The second-order valence-corrected chi connectivity index (χ2v) is 4.58. The molecule has 0 bridgehead atoms. The monoisotopic (exact) mass is 292 g/mol. The molecule has 0 spiro atoms. The molecule has 0 amide bonds. The summed E-state index contributed by atoms with van der Waals surface area (Å²) in [5, 5.41) is 17.5. The van der Waals surface area contributed by atoms with E-state index < -0.39 is 12.3 Å². The van der Waals surface area contributed by atoms with Gasteiger partial charge in [-0.2, -0.15) is 0 Å². The molecular weight excluding hydrogens is 272 g/mol. The molecular formula is C16H20O5. The van der Waals surface area contributed by atoms with Crippen molar-refractivity contribution in [3.63, 3.8) is 0 Å². The summed E-state index contributed by atoms with van der Waals surface area (Å²) in [6.45, 7) is 2.43. The summed E-state index contributed by atoms with van der Waals surface area (Å²) in [6.07, 6.45) is 2.77. The Hall–Kier alpha value is -1.98. The van der Waals surface area contributed by atoms with Gasteiger partial charge in [0.25, 0.3) is 0 Å². The van der Waals surface area contributed by atoms with Crippen LogP contribution in [0.5, 0.6) is 0 Å². The molecule has 5 nitrogen and oxygen atoms in total. The Labute approximate surface area is 123 Å². The maximum absolute atomic E-state index is 11.6. The van der Waals surface area contributed by atoms with E-state index in [-0.39, 0.29) is 12.2 Å². The Bertz CT molecular complexity index is 488. The highest BCUT2D eigenvalue weighted by Gasteiger charge is 2.09. The number of hydrogen-bond donors (Lipinski definition) is 2. The summed E-state index contributed by atoms with van der Waals surface area (Å²) in [5.41, 5.74) is 1.15. The molecule has 0 saturated heterocycles. The van der Waals surface area contributed by atoms with Gasteiger partial charge in [0.15, 0.2) is 12.1 Å². The van der Waals surface area contributed by atoms with Crippen LogP contribution in [0.15, 0.2) is 30.3 Å². The molecule has 0 radical (unpaired) electrons. The Kier molecular flexibility index (Phi) is 7.36. The van der Waals surface area contributed by atoms with Crippen LogP contribution in [0.1, 0.15) is 42.1 Å². The predicted molar refractivity (Wildman–Crippen MR) is 78.5 cm³/mol. The first-order chi connectivity index (χ1) is 10.0. The average molecular weight is 292 g/mol. The van der Waals surface area contributed by atoms with Crippen molar-refractivity contribution in [3.05, 3.63) is 41.5 Å². The predicted octanol–water partition coefficient (Wildman–Crippen LogP) is 1.93. The number of esters is 1. The van der Waals surface area contributed by atoms with Gasteiger partial charge in [-0.1, -0.05) is 37.6 Å². The number of ketones is 1. The molecule has 2 N–H and O–H groups in total. The summed E-state index contributed by atoms with van der Waals surface area (Å²) in [4.78, 5) is 22.9. The van der Waals surface area contributed by atoms with Gasteiger partial charge in [0.05, 0.1) is 13.0 Å². The number of aliphatic hydroxyl groups is 2. The van der Waals surface area contributed by atoms with Crippen molar-refractivity contribution in [2.24, 2.45) is 0 Å². The standard InChI is InChI=1S/C16H20O5/c1-2-3-10-21-16(20)9-6-12-4-7-13(8-5-12)14(17)11-15(18)19/h4-9,15,18-19H,2-3,10-11H2,1H3/b9-6+. The van der Waals surface area contributed by atoms with E-state index in [0.717, 1.165) is 18.4 Å². The zero-order chi connectivity index (χ0) is 15.7. The number of unbranched alkanes of at least 4 members (excludes halogenated alkanes) is 1. The average Bonchev–Trinajstić information content (AvgIpc) is 2.45. The number of carbonyl (C=O) groups excluding carboxylic acids is 2. The second kappa shape index (κ2) is 9.05. The van der Waals surface area contributed by atoms with Crippen LogP contribution < -0.4 is 0 Å². The third-order valence-electron chi connectivity index (χ3n) is 2.75. The first-order valence-electron chi connectivity index (χ1n) is 6.87. The van der Waals surface area contributed by atoms with Crippen LogP contribution in [0.2, 0.25) is 0 Å². The normalized spacial score (nSPS) is 11.0. The maximum atomic E-state index is 11.6. The van der Waals surface area contributed by atoms with Gasteiger partial charge in [0.2, 0.25) is 0 Å². The summed E-state index contributed by atoms with van der Waals surface area (Å²) >= 11 is 0. The molecule has 0 aliphatic heterocycles. The van der Waals surface area contributed by atoms with Crippen LogP contribution in [0.25, 0.3) is 6.08 Å². The summed E-state index contributed by atoms with van der Waals surface area (Å²) in [7, 11) is 0. The first-order valence-corrected chi connectivity index (χ1v) is 6.87. The van der Waals surface area contributed by atoms with Crippen molar-refractivity contribution in [1.29, 1.82) is 0 Å². The number of hydrogen-bond acceptors (Lipinski definition) is 5. The summed E-state index contributed by atoms with van der Waals surface area (Å²) in [5.74, 6) is -0.744. The van der Waals surface area contributed by atoms with Crippen LogP contribution >= 0.6 is 0 Å². The van der Waals surface area contributed by atoms with E-state index in [4.69, 9.17) is 14.9 Å². The Morgan fingerprint density at radius 1 is 1.24 bits per heavy atom. The van der Waals surface area contributed by atoms with Crippen molar-refractivity contribution in [2.45, 2.75) is 32.5 Å². The highest BCUT2D eigenvalue weighted by atomic mass is 16.5. The minimum absolute atomic E-state index is 0.334. The Balaban J connectivity index is 2.54. The first kappa shape index (κ1) is 17.1. The van der Waals surface area contributed by atoms with Crippen LogP contribution in [-0.2, 0) is 9.53 Å². The molecule has 0 saturated carbocycles. The highest BCUT2D eigenvalue weighted by molar-refractivity contribution is 5.96. The molecule has 0 atom stereocenters. The van der Waals surface area contributed by atoms with Crippen LogP contribution in [0.4, 0.5) is 0 Å². The summed E-state index contributed by atoms with van der Waals surface area (Å²) in [6, 6.07) is 6.50. The lowest BCUT2D eigenvalue weighted by molar-refractivity contribution is -0.137. The third-order valence-corrected chi connectivity index (χ3v) is 2.75. The van der Waals surface area contributed by atoms with Crippen molar-refractivity contribution >= 4 is 17.8 Å². The summed E-state index contributed by atoms with van der Waals surface area (Å²) < 4.78 is 4.97. The lowest BCUT2D eigenvalue weighted by atomic mass is 10.1. The lowest BCUT2D eigenvalue weighted by Crippen LogP contribution is -2.12. The van der Waals surface area contributed by atoms with Gasteiger partial charge in [-0.3, -0.25) is 4.79 Å². The van der Waals surface area contributed by atoms with Crippen molar-refractivity contribution in [1.82, 2.24) is 0 Å². The van der Waals surface area contributed by atoms with E-state index in [2.05, 4.69) is 0 Å². The van der Waals surface area contributed by atoms with Gasteiger partial charge >= 0.3 is 5.97 Å². The van der Waals surface area contributed by atoms with E-state index >= 15 is 0 Å². The zero-order valence-electron chi connectivity index (χ0n) is 12.0. The quantitative estimate of drug-likeness (QED) is 0.251. The van der Waals surface area contributed by atoms with Gasteiger partial charge in [-0.15, -0.1) is 0 Å². The SMILES string of the molecule is CCCCOC(=O)/C=C/c1ccc(C(=O)CC(O)O)cc1. The van der Waals surface area contributed by atoms with Gasteiger partial charge in [0, 0.05) is 11.6 Å². The molecule has 1 aromatic rings. The molecule has 1 rings (SSSR count). The van der Waals surface area contributed by atoms with E-state index in [9.17, 15) is 9.59 Å². The molecule has 0 aromatic heterocycles. The van der Waals surface area contributed by atoms with Gasteiger partial charge in [-0.05, 0) is 18.1 Å². The smallest absolute Gasteiger partial charge is 0.330 e. The molecule has 0 aliphatic carbocycles. The van der Waals surface area contributed by atoms with Crippen LogP contribution in [-0.4, -0.2) is 34.9 Å². The van der Waals surface area contributed by atoms with Gasteiger partial charge in [0.1, 0.15) is 0 Å². The van der Waals surface area contributed by atoms with E-state index in [1.165, 1.54) is 6.08 Å². The van der Waals surface area contributed by atoms with Gasteiger partial charge in [-0.25, -0.2) is 4.79 Å². The number of ether oxygens (including phenoxy) is 1. The Morgan fingerprint density at radius 2 is 1.90 bits per heavy atom. The molecule has 21 heavy (non-hydrogen) atoms. The molecule has 114 valence electrons. The van der Waals surface area contributed by atoms with E-state index in [1.54, 1.807) is 30.3 Å². The lowest BCUT2D eigenvalue weighted by Gasteiger charge is -2.03. The molecule has 0 aliphatic rings. The number of aliphatic hydroxyl groups excluding tert-OH is 1. The van der Waals surface area contributed by atoms with Crippen LogP contribution in [0, 0.1) is 0 Å². The van der Waals surface area contributed by atoms with Gasteiger partial charge < -0.3 is 14.9 Å². The van der Waals surface area contributed by atoms with Crippen molar-refractivity contribution < 1.29 is 24.5 Å². The maximum Gasteiger partial charge on any atom is 0.330 e. The number of carbonyl (C=O) groups is 2. The van der Waals surface area contributed by atoms with Crippen molar-refractivity contribution in [2.75, 3.05) is 6.61 Å². The minimum Gasteiger partial charge on any atom is -0.463 e. The van der Waals surface area contributed by atoms with Crippen LogP contribution in [0.3, 0.4) is 0 Å². The number of benzene rings is 1. The highest BCUT2D eigenvalue weighted by Crippen LogP contribution is 2.09. The Morgan fingerprint density at radius 3 is 2.48 bits per heavy atom. The van der Waals surface area contributed by atoms with E-state index in [1.807, 2.05) is 6.92 Å². The molecule has 0 unspecified atom stereocenters.